The molecule has 1 heterocycles. The van der Waals surface area contributed by atoms with Crippen molar-refractivity contribution in [1.29, 1.82) is 0 Å². The third kappa shape index (κ3) is 5.85. The van der Waals surface area contributed by atoms with Crippen LogP contribution in [0.3, 0.4) is 0 Å². The standard InChI is InChI=1S/C24H27NO2S/c1-19(12-6-5-11-17-26-2)18-28-24-25-22(20-13-7-3-8-14-20)23(27-24)21-15-9-4-10-16-21/h3-4,7-10,13-16H,1,5-6,11-12,17-18H2,2H3. The Kier molecular flexibility index (Phi) is 7.94. The molecular weight excluding hydrogens is 366 g/mol. The van der Waals surface area contributed by atoms with Gasteiger partial charge in [0.15, 0.2) is 5.76 Å². The molecule has 0 bridgehead atoms. The van der Waals surface area contributed by atoms with Crippen molar-refractivity contribution in [2.75, 3.05) is 19.5 Å². The Morgan fingerprint density at radius 2 is 1.64 bits per heavy atom. The van der Waals surface area contributed by atoms with Gasteiger partial charge >= 0.3 is 0 Å². The predicted molar refractivity (Wildman–Crippen MR) is 118 cm³/mol. The summed E-state index contributed by atoms with van der Waals surface area (Å²) in [5.74, 6) is 1.65. The van der Waals surface area contributed by atoms with E-state index in [-0.39, 0.29) is 0 Å². The molecule has 0 atom stereocenters. The molecule has 0 saturated heterocycles. The van der Waals surface area contributed by atoms with Crippen molar-refractivity contribution in [2.45, 2.75) is 30.9 Å². The number of aromatic nitrogens is 1. The van der Waals surface area contributed by atoms with Crippen molar-refractivity contribution in [3.63, 3.8) is 0 Å². The minimum Gasteiger partial charge on any atom is -0.431 e. The fourth-order valence-electron chi connectivity index (χ4n) is 2.97. The van der Waals surface area contributed by atoms with Crippen molar-refractivity contribution >= 4 is 11.8 Å². The summed E-state index contributed by atoms with van der Waals surface area (Å²) >= 11 is 1.62. The van der Waals surface area contributed by atoms with Gasteiger partial charge in [-0.05, 0) is 19.3 Å². The quantitative estimate of drug-likeness (QED) is 0.202. The Bertz CT molecular complexity index is 802. The molecule has 146 valence electrons. The van der Waals surface area contributed by atoms with Crippen LogP contribution in [0.25, 0.3) is 22.6 Å². The summed E-state index contributed by atoms with van der Waals surface area (Å²) in [4.78, 5) is 4.79. The second-order valence-corrected chi connectivity index (χ2v) is 7.66. The van der Waals surface area contributed by atoms with E-state index in [1.807, 2.05) is 36.4 Å². The SMILES string of the molecule is C=C(CCCCCOC)CSc1nc(-c2ccccc2)c(-c2ccccc2)o1. The number of hydrogen-bond donors (Lipinski definition) is 0. The number of rotatable bonds is 11. The Hall–Kier alpha value is -2.30. The van der Waals surface area contributed by atoms with Gasteiger partial charge in [-0.25, -0.2) is 4.98 Å². The highest BCUT2D eigenvalue weighted by Crippen LogP contribution is 2.36. The van der Waals surface area contributed by atoms with Gasteiger partial charge in [0.1, 0.15) is 5.69 Å². The minimum atomic E-state index is 0.693. The summed E-state index contributed by atoms with van der Waals surface area (Å²) in [5.41, 5.74) is 4.22. The summed E-state index contributed by atoms with van der Waals surface area (Å²) < 4.78 is 11.3. The topological polar surface area (TPSA) is 35.3 Å². The fourth-order valence-corrected chi connectivity index (χ4v) is 3.74. The summed E-state index contributed by atoms with van der Waals surface area (Å²) in [7, 11) is 1.75. The third-order valence-corrected chi connectivity index (χ3v) is 5.44. The van der Waals surface area contributed by atoms with E-state index in [1.165, 1.54) is 12.0 Å². The zero-order valence-electron chi connectivity index (χ0n) is 16.4. The zero-order valence-corrected chi connectivity index (χ0v) is 17.2. The molecule has 4 heteroatoms. The van der Waals surface area contributed by atoms with Crippen molar-refractivity contribution in [3.05, 3.63) is 72.8 Å². The number of thioether (sulfide) groups is 1. The maximum atomic E-state index is 6.16. The van der Waals surface area contributed by atoms with Gasteiger partial charge in [-0.3, -0.25) is 0 Å². The summed E-state index contributed by atoms with van der Waals surface area (Å²) in [5, 5.41) is 0.693. The van der Waals surface area contributed by atoms with Crippen LogP contribution in [0.2, 0.25) is 0 Å². The minimum absolute atomic E-state index is 0.693. The van der Waals surface area contributed by atoms with Crippen LogP contribution >= 0.6 is 11.8 Å². The van der Waals surface area contributed by atoms with Crippen LogP contribution < -0.4 is 0 Å². The maximum absolute atomic E-state index is 6.16. The lowest BCUT2D eigenvalue weighted by molar-refractivity contribution is 0.192. The van der Waals surface area contributed by atoms with Gasteiger partial charge in [-0.2, -0.15) is 0 Å². The monoisotopic (exact) mass is 393 g/mol. The van der Waals surface area contributed by atoms with Gasteiger partial charge in [0.05, 0.1) is 0 Å². The predicted octanol–water partition coefficient (Wildman–Crippen LogP) is 6.86. The average molecular weight is 394 g/mol. The summed E-state index contributed by atoms with van der Waals surface area (Å²) in [6.45, 7) is 5.05. The van der Waals surface area contributed by atoms with Gasteiger partial charge in [0, 0.05) is 30.6 Å². The lowest BCUT2D eigenvalue weighted by atomic mass is 10.1. The van der Waals surface area contributed by atoms with Crippen molar-refractivity contribution in [1.82, 2.24) is 4.98 Å². The fraction of sp³-hybridized carbons (Fsp3) is 0.292. The van der Waals surface area contributed by atoms with Gasteiger partial charge in [-0.15, -0.1) is 0 Å². The smallest absolute Gasteiger partial charge is 0.257 e. The number of methoxy groups -OCH3 is 1. The lowest BCUT2D eigenvalue weighted by Gasteiger charge is -2.03. The largest absolute Gasteiger partial charge is 0.431 e. The first-order valence-corrected chi connectivity index (χ1v) is 10.7. The molecule has 28 heavy (non-hydrogen) atoms. The molecule has 0 aliphatic heterocycles. The molecule has 0 fully saturated rings. The molecule has 0 N–H and O–H groups in total. The molecule has 3 aromatic rings. The zero-order chi connectivity index (χ0) is 19.6. The van der Waals surface area contributed by atoms with Crippen LogP contribution in [-0.2, 0) is 4.74 Å². The van der Waals surface area contributed by atoms with E-state index >= 15 is 0 Å². The molecule has 1 aromatic heterocycles. The van der Waals surface area contributed by atoms with E-state index in [1.54, 1.807) is 18.9 Å². The summed E-state index contributed by atoms with van der Waals surface area (Å²) in [6, 6.07) is 20.4. The Morgan fingerprint density at radius 1 is 0.964 bits per heavy atom. The average Bonchev–Trinajstić information content (AvgIpc) is 3.18. The first-order valence-electron chi connectivity index (χ1n) is 9.68. The van der Waals surface area contributed by atoms with E-state index in [0.29, 0.717) is 5.22 Å². The number of unbranched alkanes of at least 4 members (excludes halogenated alkanes) is 2. The summed E-state index contributed by atoms with van der Waals surface area (Å²) in [6.07, 6.45) is 4.47. The highest BCUT2D eigenvalue weighted by atomic mass is 32.2. The van der Waals surface area contributed by atoms with Crippen molar-refractivity contribution in [2.24, 2.45) is 0 Å². The van der Waals surface area contributed by atoms with E-state index in [2.05, 4.69) is 30.8 Å². The normalized spacial score (nSPS) is 10.9. The van der Waals surface area contributed by atoms with E-state index in [9.17, 15) is 0 Å². The first-order chi connectivity index (χ1) is 13.8. The van der Waals surface area contributed by atoms with E-state index in [4.69, 9.17) is 14.1 Å². The van der Waals surface area contributed by atoms with E-state index in [0.717, 1.165) is 54.2 Å². The first kappa shape index (κ1) is 20.4. The van der Waals surface area contributed by atoms with Crippen LogP contribution in [0.5, 0.6) is 0 Å². The second-order valence-electron chi connectivity index (χ2n) is 6.73. The molecule has 0 aliphatic carbocycles. The van der Waals surface area contributed by atoms with Crippen LogP contribution in [0.15, 0.2) is 82.5 Å². The van der Waals surface area contributed by atoms with Crippen LogP contribution in [0.4, 0.5) is 0 Å². The number of oxazole rings is 1. The number of nitrogens with zero attached hydrogens (tertiary/aromatic N) is 1. The van der Waals surface area contributed by atoms with Crippen molar-refractivity contribution < 1.29 is 9.15 Å². The molecule has 0 saturated carbocycles. The molecule has 2 aromatic carbocycles. The van der Waals surface area contributed by atoms with Gasteiger partial charge in [0.2, 0.25) is 0 Å². The van der Waals surface area contributed by atoms with Crippen molar-refractivity contribution in [3.8, 4) is 22.6 Å². The molecule has 0 amide bonds. The lowest BCUT2D eigenvalue weighted by Crippen LogP contribution is -1.90. The number of benzene rings is 2. The number of hydrogen-bond acceptors (Lipinski definition) is 4. The molecule has 3 nitrogen and oxygen atoms in total. The molecule has 0 aliphatic rings. The van der Waals surface area contributed by atoms with Crippen LogP contribution in [0, 0.1) is 0 Å². The van der Waals surface area contributed by atoms with Gasteiger partial charge in [0.25, 0.3) is 5.22 Å². The highest BCUT2D eigenvalue weighted by molar-refractivity contribution is 7.99. The Labute approximate surface area is 171 Å². The van der Waals surface area contributed by atoms with Crippen LogP contribution in [-0.4, -0.2) is 24.5 Å². The second kappa shape index (κ2) is 10.9. The van der Waals surface area contributed by atoms with Crippen LogP contribution in [0.1, 0.15) is 25.7 Å². The highest BCUT2D eigenvalue weighted by Gasteiger charge is 2.17. The molecule has 0 radical (unpaired) electrons. The van der Waals surface area contributed by atoms with E-state index < -0.39 is 0 Å². The van der Waals surface area contributed by atoms with Gasteiger partial charge in [-0.1, -0.05) is 91.0 Å². The molecule has 0 spiro atoms. The molecule has 3 rings (SSSR count). The van der Waals surface area contributed by atoms with Gasteiger partial charge < -0.3 is 9.15 Å². The Morgan fingerprint density at radius 3 is 2.32 bits per heavy atom. The number of ether oxygens (including phenoxy) is 1. The molecule has 0 unspecified atom stereocenters. The third-order valence-electron chi connectivity index (χ3n) is 4.47. The molecular formula is C24H27NO2S. The Balaban J connectivity index is 1.67. The maximum Gasteiger partial charge on any atom is 0.257 e.